The Kier molecular flexibility index (Phi) is 18.3. The van der Waals surface area contributed by atoms with Gasteiger partial charge < -0.3 is 22.5 Å². The Morgan fingerprint density at radius 2 is 1.22 bits per heavy atom. The Morgan fingerprint density at radius 1 is 0.632 bits per heavy atom. The fraction of sp³-hybridized carbons (Fsp3) is 0.493. The van der Waals surface area contributed by atoms with E-state index in [0.717, 1.165) is 109 Å². The maximum Gasteiger partial charge on any atom is 0.262 e. The van der Waals surface area contributed by atoms with Gasteiger partial charge in [0.2, 0.25) is 0 Å². The molecular formula is C69H84ClFN12O4. The van der Waals surface area contributed by atoms with Crippen LogP contribution >= 0.6 is 11.6 Å². The summed E-state index contributed by atoms with van der Waals surface area (Å²) in [6.07, 6.45) is 26.8. The number of benzene rings is 3. The maximum absolute atomic E-state index is 14.0. The molecule has 5 aliphatic carbocycles. The van der Waals surface area contributed by atoms with Crippen molar-refractivity contribution in [2.45, 2.75) is 164 Å². The molecule has 4 amide bonds. The summed E-state index contributed by atoms with van der Waals surface area (Å²) in [5.41, 5.74) is 22.9. The number of nitrogens with zero attached hydrogens (tertiary/aromatic N) is 8. The monoisotopic (exact) mass is 1200 g/mol. The summed E-state index contributed by atoms with van der Waals surface area (Å²) in [5.74, 6) is 1.92. The van der Waals surface area contributed by atoms with E-state index in [1.54, 1.807) is 25.2 Å². The SMILES string of the molecule is CN1C(=O)[C@@](CCC2CCCCC2)(C[C@H]2CCC[C@@H](NC(=O)c3ccncc3F)C2)N=C1N.Cc1ccnc(-c2cccc(C3(C4CC4)N=C(N)N(C)C3=O)c2)c1.NC1=NC(c2cccc(-c3cccc(Cl)c3)c2)(C2CC2)C(=O)N1CC1CCCCC1. The van der Waals surface area contributed by atoms with Gasteiger partial charge in [-0.05, 0) is 177 Å². The molecule has 5 fully saturated rings. The predicted octanol–water partition coefficient (Wildman–Crippen LogP) is 11.6. The van der Waals surface area contributed by atoms with Crippen molar-refractivity contribution in [1.82, 2.24) is 30.0 Å². The summed E-state index contributed by atoms with van der Waals surface area (Å²) >= 11 is 6.20. The largest absolute Gasteiger partial charge is 0.369 e. The summed E-state index contributed by atoms with van der Waals surface area (Å²) in [5, 5.41) is 3.69. The summed E-state index contributed by atoms with van der Waals surface area (Å²) in [6, 6.07) is 29.4. The average molecular weight is 1200 g/mol. The van der Waals surface area contributed by atoms with Crippen molar-refractivity contribution in [1.29, 1.82) is 0 Å². The number of aryl methyl sites for hydroxylation is 1. The molecule has 5 saturated carbocycles. The van der Waals surface area contributed by atoms with Crippen molar-refractivity contribution in [2.24, 2.45) is 61.8 Å². The number of nitrogens with one attached hydrogen (secondary N) is 1. The van der Waals surface area contributed by atoms with Gasteiger partial charge in [0, 0.05) is 49.7 Å². The van der Waals surface area contributed by atoms with E-state index in [9.17, 15) is 23.6 Å². The zero-order valence-corrected chi connectivity index (χ0v) is 51.4. The lowest BCUT2D eigenvalue weighted by molar-refractivity contribution is -0.133. The summed E-state index contributed by atoms with van der Waals surface area (Å²) in [6.45, 7) is 2.75. The molecule has 5 aromatic rings. The van der Waals surface area contributed by atoms with E-state index in [1.807, 2.05) is 79.7 Å². The first-order valence-electron chi connectivity index (χ1n) is 31.7. The van der Waals surface area contributed by atoms with Crippen molar-refractivity contribution in [3.05, 3.63) is 143 Å². The molecule has 3 aliphatic heterocycles. The van der Waals surface area contributed by atoms with Crippen molar-refractivity contribution >= 4 is 53.1 Å². The lowest BCUT2D eigenvalue weighted by atomic mass is 9.74. The molecule has 7 N–H and O–H groups in total. The molecule has 2 aromatic heterocycles. The number of hydrogen-bond donors (Lipinski definition) is 4. The van der Waals surface area contributed by atoms with Gasteiger partial charge in [0.1, 0.15) is 5.54 Å². The average Bonchev–Trinajstić information content (AvgIpc) is 1.66. The van der Waals surface area contributed by atoms with Crippen LogP contribution in [0.3, 0.4) is 0 Å². The zero-order valence-electron chi connectivity index (χ0n) is 50.6. The van der Waals surface area contributed by atoms with E-state index in [2.05, 4.69) is 32.4 Å². The summed E-state index contributed by atoms with van der Waals surface area (Å²) in [4.78, 5) is 79.7. The molecule has 0 saturated heterocycles. The maximum atomic E-state index is 14.0. The Morgan fingerprint density at radius 3 is 1.83 bits per heavy atom. The van der Waals surface area contributed by atoms with Crippen molar-refractivity contribution in [2.75, 3.05) is 20.6 Å². The normalized spacial score (nSPS) is 25.9. The summed E-state index contributed by atoms with van der Waals surface area (Å²) < 4.78 is 14.0. The lowest BCUT2D eigenvalue weighted by Gasteiger charge is -2.35. The highest BCUT2D eigenvalue weighted by Crippen LogP contribution is 2.54. The second kappa shape index (κ2) is 26.0. The Hall–Kier alpha value is -7.53. The number of carbonyl (C=O) groups is 4. The van der Waals surface area contributed by atoms with Crippen LogP contribution in [0.15, 0.2) is 125 Å². The van der Waals surface area contributed by atoms with Crippen LogP contribution in [-0.4, -0.2) is 98.4 Å². The predicted molar refractivity (Wildman–Crippen MR) is 339 cm³/mol. The number of rotatable bonds is 15. The Bertz CT molecular complexity index is 3470. The number of nitrogens with two attached hydrogens (primary N) is 3. The van der Waals surface area contributed by atoms with E-state index < -0.39 is 28.3 Å². The van der Waals surface area contributed by atoms with Crippen LogP contribution < -0.4 is 22.5 Å². The number of hydrogen-bond acceptors (Lipinski definition) is 12. The van der Waals surface area contributed by atoms with Gasteiger partial charge in [-0.15, -0.1) is 0 Å². The van der Waals surface area contributed by atoms with E-state index in [0.29, 0.717) is 47.7 Å². The van der Waals surface area contributed by atoms with E-state index in [-0.39, 0.29) is 47.1 Å². The molecule has 87 heavy (non-hydrogen) atoms. The molecule has 0 spiro atoms. The number of guanidine groups is 3. The molecule has 13 rings (SSSR count). The minimum atomic E-state index is -0.868. The number of pyridine rings is 2. The summed E-state index contributed by atoms with van der Waals surface area (Å²) in [7, 11) is 3.40. The smallest absolute Gasteiger partial charge is 0.262 e. The van der Waals surface area contributed by atoms with Gasteiger partial charge in [-0.25, -0.2) is 19.4 Å². The molecule has 5 heterocycles. The Labute approximate surface area is 516 Å². The van der Waals surface area contributed by atoms with E-state index in [1.165, 1.54) is 86.3 Å². The van der Waals surface area contributed by atoms with E-state index >= 15 is 0 Å². The number of likely N-dealkylation sites (N-methyl/N-ethyl adjacent to an activating group) is 2. The van der Waals surface area contributed by atoms with Crippen LogP contribution in [0.4, 0.5) is 4.39 Å². The number of halogens is 2. The number of carbonyl (C=O) groups excluding carboxylic acids is 4. The lowest BCUT2D eigenvalue weighted by Crippen LogP contribution is -2.46. The topological polar surface area (TPSA) is 231 Å². The first-order valence-corrected chi connectivity index (χ1v) is 32.1. The number of amides is 4. The van der Waals surface area contributed by atoms with Gasteiger partial charge in [-0.2, -0.15) is 0 Å². The zero-order chi connectivity index (χ0) is 61.0. The molecule has 5 atom stereocenters. The van der Waals surface area contributed by atoms with Crippen LogP contribution in [0.1, 0.15) is 162 Å². The molecular weight excluding hydrogens is 1120 g/mol. The van der Waals surface area contributed by atoms with Crippen LogP contribution in [0.2, 0.25) is 5.02 Å². The molecule has 2 unspecified atom stereocenters. The third kappa shape index (κ3) is 13.1. The van der Waals surface area contributed by atoms with Gasteiger partial charge in [0.05, 0.1) is 17.5 Å². The molecule has 0 bridgehead atoms. The van der Waals surface area contributed by atoms with Gasteiger partial charge in [-0.3, -0.25) is 43.8 Å². The van der Waals surface area contributed by atoms with Gasteiger partial charge in [0.25, 0.3) is 23.6 Å². The fourth-order valence-corrected chi connectivity index (χ4v) is 14.8. The molecule has 18 heteroatoms. The highest BCUT2D eigenvalue weighted by molar-refractivity contribution is 6.30. The van der Waals surface area contributed by atoms with Crippen molar-refractivity contribution in [3.63, 3.8) is 0 Å². The van der Waals surface area contributed by atoms with Crippen LogP contribution in [0, 0.1) is 42.3 Å². The van der Waals surface area contributed by atoms with Crippen LogP contribution in [-0.2, 0) is 25.5 Å². The van der Waals surface area contributed by atoms with Crippen LogP contribution in [0.5, 0.6) is 0 Å². The highest BCUT2D eigenvalue weighted by Gasteiger charge is 2.59. The van der Waals surface area contributed by atoms with Gasteiger partial charge in [0.15, 0.2) is 34.8 Å². The molecule has 3 aromatic carbocycles. The van der Waals surface area contributed by atoms with Gasteiger partial charge in [-0.1, -0.05) is 124 Å². The van der Waals surface area contributed by atoms with Crippen LogP contribution in [0.25, 0.3) is 22.4 Å². The molecule has 0 radical (unpaired) electrons. The minimum Gasteiger partial charge on any atom is -0.369 e. The standard InChI is InChI=1S/C25H28ClN3O.C25H36FN5O2.C19H20N4O/c26-22-11-5-9-19(15-22)18-8-4-10-21(14-18)25(20-12-13-20)23(30)29(24(27)28-25)16-17-6-2-1-3-7-17;1-31-23(33)25(30-24(31)27,12-10-17-6-3-2-4-7-17)15-18-8-5-9-19(14-18)29-22(32)20-11-13-28-16-21(20)26;1-12-8-9-21-16(10-12)13-4-3-5-15(11-13)19(14-6-7-14)17(24)23(2)18(20)22-19/h4-5,8-11,14-15,17,20H,1-3,6-7,12-13,16H2,(H2,27,28);11,13,16-19H,2-10,12,14-15H2,1H3,(H2,27,30)(H,29,32);3-5,8-11,14H,6-7H2,1-2H3,(H2,20,22)/t;18-,19+,25+;/m.0./s1. The quantitative estimate of drug-likeness (QED) is 0.0780. The Balaban J connectivity index is 0.000000137. The first kappa shape index (κ1) is 61.1. The first-order chi connectivity index (χ1) is 42.0. The minimum absolute atomic E-state index is 0.000764. The van der Waals surface area contributed by atoms with Crippen molar-refractivity contribution < 1.29 is 23.6 Å². The third-order valence-corrected chi connectivity index (χ3v) is 19.9. The second-order valence-corrected chi connectivity index (χ2v) is 26.3. The van der Waals surface area contributed by atoms with Gasteiger partial charge >= 0.3 is 0 Å². The second-order valence-electron chi connectivity index (χ2n) is 25.9. The number of aliphatic imine (C=N–C) groups is 3. The molecule has 8 aliphatic rings. The highest BCUT2D eigenvalue weighted by atomic mass is 35.5. The van der Waals surface area contributed by atoms with E-state index in [4.69, 9.17) is 38.8 Å². The third-order valence-electron chi connectivity index (χ3n) is 19.7. The fourth-order valence-electron chi connectivity index (χ4n) is 14.6. The molecule has 16 nitrogen and oxygen atoms in total. The molecule has 458 valence electrons. The van der Waals surface area contributed by atoms with Crippen molar-refractivity contribution in [3.8, 4) is 22.4 Å². The number of aromatic nitrogens is 2.